The van der Waals surface area contributed by atoms with E-state index in [0.29, 0.717) is 17.0 Å². The summed E-state index contributed by atoms with van der Waals surface area (Å²) in [5.41, 5.74) is 0.725. The number of carbonyl (C=O) groups excluding carboxylic acids is 4. The number of hydrogen-bond acceptors (Lipinski definition) is 6. The second-order valence-electron chi connectivity index (χ2n) is 6.92. The Kier molecular flexibility index (Phi) is 6.11. The number of likely N-dealkylation sites (tertiary alicyclic amines) is 1. The fourth-order valence-corrected chi connectivity index (χ4v) is 3.13. The molecule has 0 radical (unpaired) electrons. The van der Waals surface area contributed by atoms with E-state index in [-0.39, 0.29) is 31.2 Å². The van der Waals surface area contributed by atoms with Gasteiger partial charge >= 0.3 is 5.97 Å². The minimum atomic E-state index is -1.07. The fourth-order valence-electron chi connectivity index (χ4n) is 3.13. The SMILES string of the molecule is CC(=O)c1ccccc1NC(=O)[C@@H](C)OC(=O)[C@H]1CC(=O)N(Cc2ccco2)C1. The van der Waals surface area contributed by atoms with Crippen LogP contribution in [0.5, 0.6) is 0 Å². The van der Waals surface area contributed by atoms with E-state index in [0.717, 1.165) is 0 Å². The molecule has 1 aromatic carbocycles. The molecule has 8 heteroatoms. The molecule has 3 rings (SSSR count). The lowest BCUT2D eigenvalue weighted by Crippen LogP contribution is -2.33. The molecule has 1 fully saturated rings. The van der Waals surface area contributed by atoms with Crippen molar-refractivity contribution in [1.29, 1.82) is 0 Å². The van der Waals surface area contributed by atoms with E-state index in [1.54, 1.807) is 36.4 Å². The van der Waals surface area contributed by atoms with Crippen LogP contribution in [0, 0.1) is 5.92 Å². The zero-order chi connectivity index (χ0) is 21.0. The Morgan fingerprint density at radius 3 is 2.69 bits per heavy atom. The predicted molar refractivity (Wildman–Crippen MR) is 103 cm³/mol. The third kappa shape index (κ3) is 4.90. The van der Waals surface area contributed by atoms with Crippen molar-refractivity contribution >= 4 is 29.3 Å². The number of para-hydroxylation sites is 1. The van der Waals surface area contributed by atoms with Crippen LogP contribution in [0.3, 0.4) is 0 Å². The number of esters is 1. The number of hydrogen-bond donors (Lipinski definition) is 1. The first-order chi connectivity index (χ1) is 13.8. The molecule has 1 N–H and O–H groups in total. The van der Waals surface area contributed by atoms with Gasteiger partial charge in [0.2, 0.25) is 5.91 Å². The molecule has 2 heterocycles. The Labute approximate surface area is 167 Å². The number of nitrogens with one attached hydrogen (secondary N) is 1. The lowest BCUT2D eigenvalue weighted by atomic mass is 10.1. The topological polar surface area (TPSA) is 106 Å². The van der Waals surface area contributed by atoms with Crippen LogP contribution < -0.4 is 5.32 Å². The first-order valence-electron chi connectivity index (χ1n) is 9.26. The van der Waals surface area contributed by atoms with E-state index in [9.17, 15) is 19.2 Å². The van der Waals surface area contributed by atoms with E-state index in [1.165, 1.54) is 25.0 Å². The van der Waals surface area contributed by atoms with Gasteiger partial charge < -0.3 is 19.4 Å². The Hall–Kier alpha value is -3.42. The molecule has 1 saturated heterocycles. The van der Waals surface area contributed by atoms with Crippen molar-refractivity contribution < 1.29 is 28.3 Å². The molecule has 2 amide bonds. The second-order valence-corrected chi connectivity index (χ2v) is 6.92. The number of ether oxygens (including phenoxy) is 1. The molecular formula is C21H22N2O6. The van der Waals surface area contributed by atoms with Gasteiger partial charge in [-0.3, -0.25) is 19.2 Å². The van der Waals surface area contributed by atoms with E-state index in [2.05, 4.69) is 5.32 Å². The number of furan rings is 1. The minimum absolute atomic E-state index is 0.0288. The van der Waals surface area contributed by atoms with E-state index in [1.807, 2.05) is 0 Å². The van der Waals surface area contributed by atoms with Crippen LogP contribution in [0.2, 0.25) is 0 Å². The van der Waals surface area contributed by atoms with Gasteiger partial charge in [-0.15, -0.1) is 0 Å². The number of rotatable bonds is 7. The summed E-state index contributed by atoms with van der Waals surface area (Å²) in [5.74, 6) is -1.53. The third-order valence-corrected chi connectivity index (χ3v) is 4.70. The first-order valence-corrected chi connectivity index (χ1v) is 9.26. The van der Waals surface area contributed by atoms with Crippen LogP contribution in [0.25, 0.3) is 0 Å². The molecule has 2 atom stereocenters. The summed E-state index contributed by atoms with van der Waals surface area (Å²) in [4.78, 5) is 50.1. The van der Waals surface area contributed by atoms with Gasteiger partial charge in [0.15, 0.2) is 11.9 Å². The number of Topliss-reactive ketones (excluding diaryl/α,β-unsaturated/α-hetero) is 1. The van der Waals surface area contributed by atoms with Crippen LogP contribution in [0.15, 0.2) is 47.1 Å². The lowest BCUT2D eigenvalue weighted by Gasteiger charge is -2.17. The maximum absolute atomic E-state index is 12.4. The Balaban J connectivity index is 1.55. The molecule has 8 nitrogen and oxygen atoms in total. The Morgan fingerprint density at radius 1 is 1.24 bits per heavy atom. The summed E-state index contributed by atoms with van der Waals surface area (Å²) in [6.45, 7) is 3.34. The van der Waals surface area contributed by atoms with E-state index < -0.39 is 23.9 Å². The van der Waals surface area contributed by atoms with Crippen LogP contribution in [0.1, 0.15) is 36.4 Å². The number of ketones is 1. The molecule has 0 saturated carbocycles. The molecule has 1 aliphatic heterocycles. The highest BCUT2D eigenvalue weighted by Crippen LogP contribution is 2.22. The smallest absolute Gasteiger partial charge is 0.312 e. The quantitative estimate of drug-likeness (QED) is 0.567. The number of amides is 2. The van der Waals surface area contributed by atoms with Gasteiger partial charge in [0.25, 0.3) is 5.91 Å². The van der Waals surface area contributed by atoms with Crippen LogP contribution in [0.4, 0.5) is 5.69 Å². The number of benzene rings is 1. The Morgan fingerprint density at radius 2 is 2.00 bits per heavy atom. The summed E-state index contributed by atoms with van der Waals surface area (Å²) < 4.78 is 10.5. The van der Waals surface area contributed by atoms with Gasteiger partial charge in [0.05, 0.1) is 24.4 Å². The van der Waals surface area contributed by atoms with Crippen LogP contribution in [-0.2, 0) is 25.7 Å². The molecule has 29 heavy (non-hydrogen) atoms. The molecule has 0 spiro atoms. The maximum atomic E-state index is 12.4. The highest BCUT2D eigenvalue weighted by Gasteiger charge is 2.37. The van der Waals surface area contributed by atoms with Crippen molar-refractivity contribution in [2.75, 3.05) is 11.9 Å². The third-order valence-electron chi connectivity index (χ3n) is 4.70. The first kappa shape index (κ1) is 20.3. The highest BCUT2D eigenvalue weighted by molar-refractivity contribution is 6.04. The number of nitrogens with zero attached hydrogens (tertiary/aromatic N) is 1. The summed E-state index contributed by atoms with van der Waals surface area (Å²) in [6, 6.07) is 10.1. The highest BCUT2D eigenvalue weighted by atomic mass is 16.5. The van der Waals surface area contributed by atoms with Gasteiger partial charge in [-0.2, -0.15) is 0 Å². The van der Waals surface area contributed by atoms with Crippen molar-refractivity contribution in [2.45, 2.75) is 32.9 Å². The van der Waals surface area contributed by atoms with Crippen molar-refractivity contribution in [3.8, 4) is 0 Å². The van der Waals surface area contributed by atoms with Gasteiger partial charge in [0.1, 0.15) is 5.76 Å². The van der Waals surface area contributed by atoms with Gasteiger partial charge in [-0.25, -0.2) is 0 Å². The normalized spacial score (nSPS) is 17.1. The largest absolute Gasteiger partial charge is 0.467 e. The zero-order valence-electron chi connectivity index (χ0n) is 16.2. The summed E-state index contributed by atoms with van der Waals surface area (Å²) in [5, 5.41) is 2.61. The molecule has 0 bridgehead atoms. The number of carbonyl (C=O) groups is 4. The standard InChI is InChI=1S/C21H22N2O6/c1-13(24)17-7-3-4-8-18(17)22-20(26)14(2)29-21(27)15-10-19(25)23(11-15)12-16-6-5-9-28-16/h3-9,14-15H,10-12H2,1-2H3,(H,22,26)/t14-,15+/m1/s1. The molecule has 1 aliphatic rings. The molecule has 152 valence electrons. The molecular weight excluding hydrogens is 376 g/mol. The molecule has 1 aromatic heterocycles. The molecule has 0 aliphatic carbocycles. The Bertz CT molecular complexity index is 921. The van der Waals surface area contributed by atoms with Crippen molar-refractivity contribution in [1.82, 2.24) is 4.90 Å². The molecule has 2 aromatic rings. The number of anilines is 1. The average Bonchev–Trinajstić information content (AvgIpc) is 3.32. The second kappa shape index (κ2) is 8.72. The monoisotopic (exact) mass is 398 g/mol. The van der Waals surface area contributed by atoms with Crippen molar-refractivity contribution in [3.05, 3.63) is 54.0 Å². The lowest BCUT2D eigenvalue weighted by molar-refractivity contribution is -0.157. The summed E-state index contributed by atoms with van der Waals surface area (Å²) in [6.07, 6.45) is 0.476. The van der Waals surface area contributed by atoms with E-state index in [4.69, 9.17) is 9.15 Å². The van der Waals surface area contributed by atoms with Crippen LogP contribution >= 0.6 is 0 Å². The maximum Gasteiger partial charge on any atom is 0.312 e. The predicted octanol–water partition coefficient (Wildman–Crippen LogP) is 2.40. The summed E-state index contributed by atoms with van der Waals surface area (Å²) in [7, 11) is 0. The average molecular weight is 398 g/mol. The van der Waals surface area contributed by atoms with Crippen molar-refractivity contribution in [3.63, 3.8) is 0 Å². The summed E-state index contributed by atoms with van der Waals surface area (Å²) >= 11 is 0. The van der Waals surface area contributed by atoms with Crippen LogP contribution in [-0.4, -0.2) is 41.1 Å². The van der Waals surface area contributed by atoms with Crippen molar-refractivity contribution in [2.24, 2.45) is 5.92 Å². The van der Waals surface area contributed by atoms with Gasteiger partial charge in [-0.05, 0) is 38.1 Å². The minimum Gasteiger partial charge on any atom is -0.467 e. The zero-order valence-corrected chi connectivity index (χ0v) is 16.2. The van der Waals surface area contributed by atoms with Gasteiger partial charge in [-0.1, -0.05) is 12.1 Å². The van der Waals surface area contributed by atoms with E-state index >= 15 is 0 Å². The van der Waals surface area contributed by atoms with Gasteiger partial charge in [0, 0.05) is 18.5 Å². The molecule has 0 unspecified atom stereocenters. The fraction of sp³-hybridized carbons (Fsp3) is 0.333.